The zero-order valence-corrected chi connectivity index (χ0v) is 9.16. The van der Waals surface area contributed by atoms with Crippen LogP contribution in [0.25, 0.3) is 0 Å². The fourth-order valence-electron chi connectivity index (χ4n) is 0.510. The Hall–Kier alpha value is -0.420. The summed E-state index contributed by atoms with van der Waals surface area (Å²) in [5.41, 5.74) is 8.37. The van der Waals surface area contributed by atoms with Crippen molar-refractivity contribution in [3.63, 3.8) is 0 Å². The van der Waals surface area contributed by atoms with Gasteiger partial charge in [0.25, 0.3) is 0 Å². The molecule has 0 aliphatic rings. The average Bonchev–Trinajstić information content (AvgIpc) is 2.07. The first-order valence-corrected chi connectivity index (χ1v) is 5.25. The van der Waals surface area contributed by atoms with Crippen LogP contribution in [0, 0.1) is 0 Å². The maximum atomic E-state index is 11.4. The second-order valence-electron chi connectivity index (χ2n) is 2.51. The van der Waals surface area contributed by atoms with Crippen LogP contribution >= 0.6 is 12.1 Å². The van der Waals surface area contributed by atoms with Crippen molar-refractivity contribution in [1.82, 2.24) is 5.43 Å². The van der Waals surface area contributed by atoms with E-state index in [1.54, 1.807) is 0 Å². The number of allylic oxidation sites excluding steroid dienone is 1. The second-order valence-corrected chi connectivity index (χ2v) is 3.14. The Morgan fingerprint density at radius 1 is 1.54 bits per heavy atom. The Balaban J connectivity index is 0. The highest BCUT2D eigenvalue weighted by atomic mass is 32.2. The quantitative estimate of drug-likeness (QED) is 0.368. The Labute approximate surface area is 84.4 Å². The zero-order chi connectivity index (χ0) is 10.5. The van der Waals surface area contributed by atoms with E-state index in [-0.39, 0.29) is 0 Å². The molecule has 0 saturated carbocycles. The van der Waals surface area contributed by atoms with Gasteiger partial charge in [0.15, 0.2) is 0 Å². The minimum atomic E-state index is 0.327. The van der Waals surface area contributed by atoms with E-state index in [2.05, 4.69) is 19.3 Å². The van der Waals surface area contributed by atoms with E-state index >= 15 is 0 Å². The van der Waals surface area contributed by atoms with E-state index in [4.69, 9.17) is 11.6 Å². The molecule has 0 fully saturated rings. The molecule has 0 unspecified atom stereocenters. The van der Waals surface area contributed by atoms with Gasteiger partial charge in [0.05, 0.1) is 0 Å². The van der Waals surface area contributed by atoms with Crippen LogP contribution in [0.4, 0.5) is 3.89 Å². The van der Waals surface area contributed by atoms with E-state index in [0.29, 0.717) is 30.0 Å². The van der Waals surface area contributed by atoms with Crippen LogP contribution in [0.2, 0.25) is 0 Å². The van der Waals surface area contributed by atoms with Gasteiger partial charge in [0, 0.05) is 29.8 Å². The van der Waals surface area contributed by atoms with Crippen LogP contribution < -0.4 is 17.0 Å². The number of rotatable bonds is 5. The van der Waals surface area contributed by atoms with Crippen LogP contribution in [-0.2, 0) is 0 Å². The third kappa shape index (κ3) is 18.5. The Morgan fingerprint density at radius 2 is 2.08 bits per heavy atom. The van der Waals surface area contributed by atoms with Crippen LogP contribution in [0.3, 0.4) is 0 Å². The summed E-state index contributed by atoms with van der Waals surface area (Å²) in [5.74, 6) is 5.43. The van der Waals surface area contributed by atoms with Gasteiger partial charge in [-0.15, -0.1) is 0 Å². The lowest BCUT2D eigenvalue weighted by Crippen LogP contribution is -2.16. The number of hydrogen-bond donors (Lipinski definition) is 3. The topological polar surface area (TPSA) is 64.1 Å². The number of nitrogens with one attached hydrogen (secondary N) is 1. The largest absolute Gasteiger partial charge is 0.401 e. The normalized spacial score (nSPS) is 10.3. The Morgan fingerprint density at radius 3 is 2.46 bits per heavy atom. The smallest absolute Gasteiger partial charge is 0.0443 e. The molecule has 5 heteroatoms. The molecule has 0 aliphatic carbocycles. The van der Waals surface area contributed by atoms with Gasteiger partial charge in [-0.3, -0.25) is 5.84 Å². The monoisotopic (exact) mass is 209 g/mol. The summed E-state index contributed by atoms with van der Waals surface area (Å²) in [5, 5.41) is 0. The molecular weight excluding hydrogens is 189 g/mol. The summed E-state index contributed by atoms with van der Waals surface area (Å²) < 4.78 is 11.4. The summed E-state index contributed by atoms with van der Waals surface area (Å²) in [6.45, 7) is 4.25. The number of halogens is 1. The van der Waals surface area contributed by atoms with E-state index in [1.165, 1.54) is 12.6 Å². The number of nitrogens with two attached hydrogens (primary N) is 2. The highest BCUT2D eigenvalue weighted by Crippen LogP contribution is 2.06. The first-order chi connectivity index (χ1) is 6.22. The number of hydrazine groups is 1. The van der Waals surface area contributed by atoms with Gasteiger partial charge < -0.3 is 11.2 Å². The van der Waals surface area contributed by atoms with E-state index < -0.39 is 0 Å². The Kier molecular flexibility index (Phi) is 16.4. The molecule has 0 rings (SSSR count). The highest BCUT2D eigenvalue weighted by molar-refractivity contribution is 7.94. The molecular formula is C8H20FN3S. The van der Waals surface area contributed by atoms with Gasteiger partial charge in [-0.2, -0.15) is 3.89 Å². The molecule has 13 heavy (non-hydrogen) atoms. The van der Waals surface area contributed by atoms with Gasteiger partial charge in [0.1, 0.15) is 0 Å². The van der Waals surface area contributed by atoms with Crippen LogP contribution in [0.15, 0.2) is 11.9 Å². The summed E-state index contributed by atoms with van der Waals surface area (Å²) >= 11 is 0.327. The van der Waals surface area contributed by atoms with Gasteiger partial charge in [-0.25, -0.2) is 0 Å². The third-order valence-electron chi connectivity index (χ3n) is 0.956. The summed E-state index contributed by atoms with van der Waals surface area (Å²) in [6.07, 6.45) is 4.18. The molecule has 5 N–H and O–H groups in total. The standard InChI is InChI=1S/C5H12FN3S.C3H8/c6-10-3-1-2-5(7)4-9-8;1-3-2/h4,9H,1-3,7-8H2;3H2,1-2H3/b5-4-;. The maximum absolute atomic E-state index is 11.4. The average molecular weight is 209 g/mol. The van der Waals surface area contributed by atoms with Gasteiger partial charge in [-0.1, -0.05) is 20.3 Å². The van der Waals surface area contributed by atoms with Crippen molar-refractivity contribution in [2.75, 3.05) is 5.75 Å². The zero-order valence-electron chi connectivity index (χ0n) is 8.35. The van der Waals surface area contributed by atoms with Gasteiger partial charge in [-0.05, 0) is 12.8 Å². The fourth-order valence-corrected chi connectivity index (χ4v) is 0.764. The van der Waals surface area contributed by atoms with Crippen molar-refractivity contribution in [1.29, 1.82) is 0 Å². The number of hydrogen-bond acceptors (Lipinski definition) is 4. The maximum Gasteiger partial charge on any atom is 0.0443 e. The van der Waals surface area contributed by atoms with Crippen molar-refractivity contribution in [3.05, 3.63) is 11.9 Å². The van der Waals surface area contributed by atoms with Crippen molar-refractivity contribution in [3.8, 4) is 0 Å². The lowest BCUT2D eigenvalue weighted by molar-refractivity contribution is 0.848. The lowest BCUT2D eigenvalue weighted by atomic mass is 10.3. The predicted molar refractivity (Wildman–Crippen MR) is 58.4 cm³/mol. The first kappa shape index (κ1) is 15.1. The molecule has 0 radical (unpaired) electrons. The second kappa shape index (κ2) is 14.1. The molecule has 80 valence electrons. The molecule has 0 bridgehead atoms. The molecule has 0 aromatic heterocycles. The summed E-state index contributed by atoms with van der Waals surface area (Å²) in [4.78, 5) is 0. The lowest BCUT2D eigenvalue weighted by Gasteiger charge is -1.97. The highest BCUT2D eigenvalue weighted by Gasteiger charge is 1.90. The van der Waals surface area contributed by atoms with Gasteiger partial charge in [0.2, 0.25) is 0 Å². The summed E-state index contributed by atoms with van der Waals surface area (Å²) in [6, 6.07) is 0. The van der Waals surface area contributed by atoms with Crippen LogP contribution in [0.5, 0.6) is 0 Å². The molecule has 0 amide bonds. The van der Waals surface area contributed by atoms with Crippen molar-refractivity contribution < 1.29 is 3.89 Å². The molecule has 0 heterocycles. The molecule has 0 spiro atoms. The third-order valence-corrected chi connectivity index (χ3v) is 1.40. The summed E-state index contributed by atoms with van der Waals surface area (Å²) in [7, 11) is 0. The van der Waals surface area contributed by atoms with Gasteiger partial charge >= 0.3 is 0 Å². The molecule has 0 aromatic rings. The molecule has 0 aromatic carbocycles. The van der Waals surface area contributed by atoms with E-state index in [1.807, 2.05) is 0 Å². The minimum Gasteiger partial charge on any atom is -0.401 e. The Bertz CT molecular complexity index is 120. The molecule has 0 atom stereocenters. The van der Waals surface area contributed by atoms with Crippen LogP contribution in [-0.4, -0.2) is 5.75 Å². The SMILES string of the molecule is CCC.NN/C=C(\N)CCCSF. The predicted octanol–water partition coefficient (Wildman–Crippen LogP) is 2.06. The van der Waals surface area contributed by atoms with Crippen molar-refractivity contribution in [2.45, 2.75) is 33.1 Å². The van der Waals surface area contributed by atoms with Crippen molar-refractivity contribution in [2.24, 2.45) is 11.6 Å². The molecule has 3 nitrogen and oxygen atoms in total. The van der Waals surface area contributed by atoms with Crippen LogP contribution in [0.1, 0.15) is 33.1 Å². The van der Waals surface area contributed by atoms with Crippen molar-refractivity contribution >= 4 is 12.1 Å². The molecule has 0 aliphatic heterocycles. The van der Waals surface area contributed by atoms with E-state index in [0.717, 1.165) is 6.42 Å². The molecule has 0 saturated heterocycles. The minimum absolute atomic E-state index is 0.327. The first-order valence-electron chi connectivity index (χ1n) is 4.37. The fraction of sp³-hybridized carbons (Fsp3) is 0.750. The van der Waals surface area contributed by atoms with E-state index in [9.17, 15) is 3.89 Å².